The van der Waals surface area contributed by atoms with Crippen molar-refractivity contribution in [2.24, 2.45) is 17.6 Å². The normalized spacial score (nSPS) is 26.8. The lowest BCUT2D eigenvalue weighted by Crippen LogP contribution is -2.63. The van der Waals surface area contributed by atoms with Crippen LogP contribution >= 0.6 is 11.3 Å². The number of aromatic hydroxyl groups is 1. The topological polar surface area (TPSA) is 178 Å². The number of aliphatic hydroxyl groups is 3. The Morgan fingerprint density at radius 2 is 1.87 bits per heavy atom. The first-order chi connectivity index (χ1) is 17.8. The Kier molecular flexibility index (Phi) is 5.89. The summed E-state index contributed by atoms with van der Waals surface area (Å²) >= 11 is 1.28. The van der Waals surface area contributed by atoms with Crippen molar-refractivity contribution in [2.45, 2.75) is 24.5 Å². The molecule has 2 aromatic rings. The highest BCUT2D eigenvalue weighted by Gasteiger charge is 2.63. The fourth-order valence-electron chi connectivity index (χ4n) is 6.22. The molecule has 1 amide bonds. The van der Waals surface area contributed by atoms with Gasteiger partial charge in [-0.2, -0.15) is 0 Å². The lowest BCUT2D eigenvalue weighted by atomic mass is 9.58. The van der Waals surface area contributed by atoms with Gasteiger partial charge in [0.25, 0.3) is 5.91 Å². The van der Waals surface area contributed by atoms with Gasteiger partial charge in [0.1, 0.15) is 27.8 Å². The summed E-state index contributed by atoms with van der Waals surface area (Å²) in [6.07, 6.45) is 1.83. The molecule has 200 valence electrons. The van der Waals surface area contributed by atoms with Crippen LogP contribution < -0.4 is 10.6 Å². The van der Waals surface area contributed by atoms with Gasteiger partial charge in [-0.05, 0) is 44.5 Å². The highest BCUT2D eigenvalue weighted by molar-refractivity contribution is 7.13. The molecule has 0 aliphatic heterocycles. The van der Waals surface area contributed by atoms with E-state index in [1.54, 1.807) is 45.8 Å². The third-order valence-corrected chi connectivity index (χ3v) is 8.65. The number of thiazole rings is 1. The van der Waals surface area contributed by atoms with Crippen LogP contribution in [0.4, 0.5) is 5.69 Å². The average Bonchev–Trinajstić information content (AvgIpc) is 3.35. The van der Waals surface area contributed by atoms with Crippen molar-refractivity contribution in [3.63, 3.8) is 0 Å². The molecule has 38 heavy (non-hydrogen) atoms. The predicted octanol–water partition coefficient (Wildman–Crippen LogP) is 1.31. The molecule has 3 aliphatic rings. The fourth-order valence-corrected chi connectivity index (χ4v) is 6.87. The van der Waals surface area contributed by atoms with E-state index in [2.05, 4.69) is 4.98 Å². The molecule has 1 aromatic heterocycles. The number of carbonyl (C=O) groups is 3. The molecule has 0 saturated carbocycles. The molecule has 4 atom stereocenters. The zero-order chi connectivity index (χ0) is 27.8. The van der Waals surface area contributed by atoms with Gasteiger partial charge >= 0.3 is 0 Å². The molecule has 5 rings (SSSR count). The van der Waals surface area contributed by atoms with Crippen molar-refractivity contribution in [1.82, 2.24) is 9.88 Å². The van der Waals surface area contributed by atoms with E-state index in [-0.39, 0.29) is 29.7 Å². The largest absolute Gasteiger partial charge is 0.510 e. The third kappa shape index (κ3) is 3.33. The van der Waals surface area contributed by atoms with Crippen molar-refractivity contribution in [3.8, 4) is 16.3 Å². The number of Topliss-reactive ketones (excluding diaryl/α,β-unsaturated/α-hetero) is 2. The molecule has 0 bridgehead atoms. The van der Waals surface area contributed by atoms with E-state index >= 15 is 0 Å². The molecule has 1 aromatic carbocycles. The Balaban J connectivity index is 1.76. The number of hydrogen-bond acceptors (Lipinski definition) is 11. The number of phenols is 1. The first-order valence-corrected chi connectivity index (χ1v) is 12.8. The number of primary amides is 1. The molecule has 12 heteroatoms. The van der Waals surface area contributed by atoms with Crippen molar-refractivity contribution < 1.29 is 34.8 Å². The smallest absolute Gasteiger partial charge is 0.255 e. The maximum atomic E-state index is 14.0. The number of hydrogen-bond donors (Lipinski definition) is 5. The molecule has 0 fully saturated rings. The molecule has 0 spiro atoms. The second-order valence-electron chi connectivity index (χ2n) is 10.3. The second-order valence-corrected chi connectivity index (χ2v) is 11.2. The molecule has 6 N–H and O–H groups in total. The molecule has 0 saturated heterocycles. The zero-order valence-electron chi connectivity index (χ0n) is 21.2. The fraction of sp³-hybridized carbons (Fsp3) is 0.385. The van der Waals surface area contributed by atoms with Crippen LogP contribution in [-0.2, 0) is 16.0 Å². The van der Waals surface area contributed by atoms with Crippen LogP contribution in [0.25, 0.3) is 10.6 Å². The van der Waals surface area contributed by atoms with Gasteiger partial charge in [0.2, 0.25) is 5.78 Å². The number of rotatable bonds is 4. The number of likely N-dealkylation sites (N-methyl/N-ethyl adjacent to an activating group) is 1. The van der Waals surface area contributed by atoms with Gasteiger partial charge in [-0.25, -0.2) is 4.98 Å². The van der Waals surface area contributed by atoms with Crippen LogP contribution in [-0.4, -0.2) is 87.6 Å². The maximum absolute atomic E-state index is 14.0. The first kappa shape index (κ1) is 25.9. The summed E-state index contributed by atoms with van der Waals surface area (Å²) in [4.78, 5) is 47.1. The lowest BCUT2D eigenvalue weighted by molar-refractivity contribution is -0.148. The Labute approximate surface area is 222 Å². The quantitative estimate of drug-likeness (QED) is 0.355. The minimum atomic E-state index is -2.67. The van der Waals surface area contributed by atoms with Gasteiger partial charge in [0.05, 0.1) is 17.2 Å². The number of allylic oxidation sites excluding steroid dienone is 1. The van der Waals surface area contributed by atoms with E-state index in [0.29, 0.717) is 21.8 Å². The summed E-state index contributed by atoms with van der Waals surface area (Å²) in [5.41, 5.74) is 3.22. The highest BCUT2D eigenvalue weighted by atomic mass is 32.1. The van der Waals surface area contributed by atoms with E-state index in [1.165, 1.54) is 16.2 Å². The number of aromatic nitrogens is 1. The van der Waals surface area contributed by atoms with Gasteiger partial charge in [-0.3, -0.25) is 19.3 Å². The number of anilines is 1. The van der Waals surface area contributed by atoms with Gasteiger partial charge < -0.3 is 31.1 Å². The summed E-state index contributed by atoms with van der Waals surface area (Å²) in [6.45, 7) is 0. The van der Waals surface area contributed by atoms with Crippen LogP contribution in [0.1, 0.15) is 22.3 Å². The van der Waals surface area contributed by atoms with Gasteiger partial charge in [-0.1, -0.05) is 0 Å². The number of nitrogens with zero attached hydrogens (tertiary/aromatic N) is 3. The molecule has 0 unspecified atom stereocenters. The van der Waals surface area contributed by atoms with E-state index in [4.69, 9.17) is 5.73 Å². The Bertz CT molecular complexity index is 1460. The molecule has 0 radical (unpaired) electrons. The number of phenolic OH excluding ortho intramolecular Hbond substituents is 1. The zero-order valence-corrected chi connectivity index (χ0v) is 22.0. The second kappa shape index (κ2) is 8.65. The van der Waals surface area contributed by atoms with Crippen molar-refractivity contribution in [3.05, 3.63) is 51.4 Å². The molecule has 1 heterocycles. The Morgan fingerprint density at radius 1 is 1.18 bits per heavy atom. The number of carbonyl (C=O) groups excluding carboxylic acids is 3. The van der Waals surface area contributed by atoms with Crippen LogP contribution in [0.5, 0.6) is 5.75 Å². The number of fused-ring (bicyclic) bond motifs is 3. The van der Waals surface area contributed by atoms with Crippen LogP contribution in [0.15, 0.2) is 40.3 Å². The van der Waals surface area contributed by atoms with Gasteiger partial charge in [-0.15, -0.1) is 11.3 Å². The summed E-state index contributed by atoms with van der Waals surface area (Å²) in [7, 11) is 6.80. The molecule has 11 nitrogen and oxygen atoms in total. The minimum absolute atomic E-state index is 0.0353. The lowest BCUT2D eigenvalue weighted by Gasteiger charge is -2.50. The van der Waals surface area contributed by atoms with Crippen LogP contribution in [0.3, 0.4) is 0 Å². The van der Waals surface area contributed by atoms with Crippen LogP contribution in [0, 0.1) is 11.8 Å². The third-order valence-electron chi connectivity index (χ3n) is 7.84. The van der Waals surface area contributed by atoms with Gasteiger partial charge in [0, 0.05) is 42.9 Å². The van der Waals surface area contributed by atoms with E-state index in [9.17, 15) is 34.8 Å². The predicted molar refractivity (Wildman–Crippen MR) is 139 cm³/mol. The summed E-state index contributed by atoms with van der Waals surface area (Å²) in [5.74, 6) is -6.74. The molecule has 3 aliphatic carbocycles. The van der Waals surface area contributed by atoms with E-state index in [0.717, 1.165) is 0 Å². The monoisotopic (exact) mass is 540 g/mol. The Hall–Kier alpha value is -3.74. The number of aliphatic hydroxyl groups excluding tert-OH is 2. The van der Waals surface area contributed by atoms with E-state index < -0.39 is 58.0 Å². The number of benzene rings is 1. The summed E-state index contributed by atoms with van der Waals surface area (Å²) in [5, 5.41) is 47.5. The Morgan fingerprint density at radius 3 is 2.42 bits per heavy atom. The first-order valence-electron chi connectivity index (χ1n) is 11.9. The van der Waals surface area contributed by atoms with Crippen molar-refractivity contribution in [2.75, 3.05) is 33.1 Å². The maximum Gasteiger partial charge on any atom is 0.255 e. The average molecular weight is 541 g/mol. The van der Waals surface area contributed by atoms with Crippen LogP contribution in [0.2, 0.25) is 0 Å². The number of amides is 1. The van der Waals surface area contributed by atoms with Crippen molar-refractivity contribution in [1.29, 1.82) is 0 Å². The van der Waals surface area contributed by atoms with Gasteiger partial charge in [0.15, 0.2) is 11.4 Å². The summed E-state index contributed by atoms with van der Waals surface area (Å²) < 4.78 is 0. The number of ketones is 2. The minimum Gasteiger partial charge on any atom is -0.510 e. The molecular weight excluding hydrogens is 512 g/mol. The summed E-state index contributed by atoms with van der Waals surface area (Å²) in [6, 6.07) is 0.725. The molecular formula is C26H28N4O7S. The SMILES string of the molecule is CN(C)c1cc(-c2nccs2)c(O)c2c1C[C@H]1C[C@H]3[C@H](N(C)C)C(O)=C(C(N)=O)C(=O)[C@@]3(O)C(O)=C1C2=O. The standard InChI is InChI=1S/C26H28N4O7S/c1-29(2)14-9-12(25-28-5-6-38-25)19(31)16-11(14)7-10-8-13-18(30(3)4)21(33)17(24(27)36)23(35)26(13,37)22(34)15(10)20(16)32/h5-6,9-10,13,18,31,33-34,37H,7-8H2,1-4H3,(H2,27,36)/t10-,13-,18-,26-/m0/s1. The van der Waals surface area contributed by atoms with Crippen molar-refractivity contribution >= 4 is 34.5 Å². The van der Waals surface area contributed by atoms with E-state index in [1.807, 2.05) is 4.90 Å². The highest BCUT2D eigenvalue weighted by Crippen LogP contribution is 2.54. The number of nitrogens with two attached hydrogens (primary N) is 1.